The largest absolute Gasteiger partial charge is 0.435 e. The van der Waals surface area contributed by atoms with Gasteiger partial charge in [0.25, 0.3) is 0 Å². The molecule has 0 saturated heterocycles. The highest BCUT2D eigenvalue weighted by atomic mass is 32.1. The monoisotopic (exact) mass is 298 g/mol. The van der Waals surface area contributed by atoms with Crippen LogP contribution in [0.4, 0.5) is 8.78 Å². The zero-order valence-electron chi connectivity index (χ0n) is 11.3. The van der Waals surface area contributed by atoms with Crippen molar-refractivity contribution in [2.24, 2.45) is 0 Å². The van der Waals surface area contributed by atoms with E-state index < -0.39 is 6.61 Å². The van der Waals surface area contributed by atoms with Crippen molar-refractivity contribution in [3.63, 3.8) is 0 Å². The summed E-state index contributed by atoms with van der Waals surface area (Å²) in [6.45, 7) is 0.128. The van der Waals surface area contributed by atoms with E-state index in [1.165, 1.54) is 6.07 Å². The second kappa shape index (κ2) is 6.76. The van der Waals surface area contributed by atoms with Crippen LogP contribution >= 0.6 is 11.3 Å². The molecule has 0 aliphatic heterocycles. The molecule has 0 aliphatic rings. The zero-order chi connectivity index (χ0) is 14.5. The molecule has 0 bridgehead atoms. The average molecular weight is 298 g/mol. The Morgan fingerprint density at radius 3 is 2.90 bits per heavy atom. The number of alkyl halides is 2. The number of halogens is 2. The number of benzene rings is 1. The van der Waals surface area contributed by atoms with Crippen LogP contribution in [0, 0.1) is 0 Å². The minimum Gasteiger partial charge on any atom is -0.435 e. The molecular formula is C14H16F2N2OS. The molecule has 1 aromatic heterocycles. The van der Waals surface area contributed by atoms with Crippen molar-refractivity contribution in [3.8, 4) is 17.0 Å². The van der Waals surface area contributed by atoms with Crippen molar-refractivity contribution in [3.05, 3.63) is 34.7 Å². The van der Waals surface area contributed by atoms with Crippen LogP contribution in [-0.2, 0) is 0 Å². The van der Waals surface area contributed by atoms with Crippen LogP contribution in [0.15, 0.2) is 29.6 Å². The van der Waals surface area contributed by atoms with E-state index in [0.29, 0.717) is 5.92 Å². The van der Waals surface area contributed by atoms with E-state index in [2.05, 4.69) is 22.0 Å². The Morgan fingerprint density at radius 2 is 2.20 bits per heavy atom. The number of hydrogen-bond donors (Lipinski definition) is 1. The maximum absolute atomic E-state index is 12.2. The maximum atomic E-state index is 12.2. The number of thiazole rings is 1. The summed E-state index contributed by atoms with van der Waals surface area (Å²) in [6.07, 6.45) is 0. The summed E-state index contributed by atoms with van der Waals surface area (Å²) in [6, 6.07) is 6.60. The number of nitrogens with one attached hydrogen (secondary N) is 1. The van der Waals surface area contributed by atoms with Crippen molar-refractivity contribution in [1.29, 1.82) is 0 Å². The molecule has 108 valence electrons. The molecular weight excluding hydrogens is 282 g/mol. The van der Waals surface area contributed by atoms with Gasteiger partial charge in [0.2, 0.25) is 0 Å². The third-order valence-electron chi connectivity index (χ3n) is 2.81. The van der Waals surface area contributed by atoms with Crippen LogP contribution < -0.4 is 10.1 Å². The van der Waals surface area contributed by atoms with Gasteiger partial charge in [0.1, 0.15) is 5.75 Å². The summed E-state index contributed by atoms with van der Waals surface area (Å²) in [4.78, 5) is 4.55. The lowest BCUT2D eigenvalue weighted by molar-refractivity contribution is -0.0498. The first-order valence-corrected chi connectivity index (χ1v) is 7.13. The molecule has 0 amide bonds. The van der Waals surface area contributed by atoms with Crippen LogP contribution in [-0.4, -0.2) is 25.2 Å². The Morgan fingerprint density at radius 1 is 1.40 bits per heavy atom. The summed E-state index contributed by atoms with van der Waals surface area (Å²) < 4.78 is 28.8. The Hall–Kier alpha value is -1.53. The predicted octanol–water partition coefficient (Wildman–Crippen LogP) is 3.73. The highest BCUT2D eigenvalue weighted by Gasteiger charge is 2.12. The van der Waals surface area contributed by atoms with Gasteiger partial charge < -0.3 is 10.1 Å². The molecule has 1 unspecified atom stereocenters. The fraction of sp³-hybridized carbons (Fsp3) is 0.357. The Balaban J connectivity index is 2.19. The Kier molecular flexibility index (Phi) is 5.03. The van der Waals surface area contributed by atoms with Gasteiger partial charge in [-0.2, -0.15) is 8.78 Å². The maximum Gasteiger partial charge on any atom is 0.387 e. The normalized spacial score (nSPS) is 12.7. The SMILES string of the molecule is CNCC(C)c1nc(-c2cccc(OC(F)F)c2)cs1. The van der Waals surface area contributed by atoms with Gasteiger partial charge in [-0.15, -0.1) is 11.3 Å². The van der Waals surface area contributed by atoms with Crippen molar-refractivity contribution < 1.29 is 13.5 Å². The highest BCUT2D eigenvalue weighted by molar-refractivity contribution is 7.10. The first-order chi connectivity index (χ1) is 9.60. The molecule has 0 radical (unpaired) electrons. The molecule has 1 aromatic carbocycles. The van der Waals surface area contributed by atoms with Gasteiger partial charge in [-0.1, -0.05) is 19.1 Å². The van der Waals surface area contributed by atoms with Gasteiger partial charge >= 0.3 is 6.61 Å². The number of hydrogen-bond acceptors (Lipinski definition) is 4. The molecule has 0 aliphatic carbocycles. The lowest BCUT2D eigenvalue weighted by Gasteiger charge is -2.06. The summed E-state index contributed by atoms with van der Waals surface area (Å²) in [5.74, 6) is 0.467. The Bertz CT molecular complexity index is 560. The van der Waals surface area contributed by atoms with E-state index in [1.807, 2.05) is 18.5 Å². The summed E-state index contributed by atoms with van der Waals surface area (Å²) in [5.41, 5.74) is 1.56. The molecule has 20 heavy (non-hydrogen) atoms. The molecule has 2 aromatic rings. The third-order valence-corrected chi connectivity index (χ3v) is 3.89. The molecule has 0 saturated carbocycles. The van der Waals surface area contributed by atoms with Crippen LogP contribution in [0.5, 0.6) is 5.75 Å². The standard InChI is InChI=1S/C14H16F2N2OS/c1-9(7-17-2)13-18-12(8-20-13)10-4-3-5-11(6-10)19-14(15)16/h3-6,8-9,14,17H,7H2,1-2H3. The molecule has 1 heterocycles. The highest BCUT2D eigenvalue weighted by Crippen LogP contribution is 2.28. The molecule has 2 rings (SSSR count). The van der Waals surface area contributed by atoms with E-state index in [-0.39, 0.29) is 5.75 Å². The smallest absolute Gasteiger partial charge is 0.387 e. The molecule has 6 heteroatoms. The lowest BCUT2D eigenvalue weighted by atomic mass is 10.1. The van der Waals surface area contributed by atoms with Gasteiger partial charge in [-0.25, -0.2) is 4.98 Å². The van der Waals surface area contributed by atoms with E-state index in [9.17, 15) is 8.78 Å². The van der Waals surface area contributed by atoms with Gasteiger partial charge in [0.15, 0.2) is 0 Å². The first kappa shape index (κ1) is 14.9. The molecule has 1 N–H and O–H groups in total. The average Bonchev–Trinajstić information content (AvgIpc) is 2.88. The third kappa shape index (κ3) is 3.74. The minimum atomic E-state index is -2.81. The quantitative estimate of drug-likeness (QED) is 0.882. The van der Waals surface area contributed by atoms with E-state index in [1.54, 1.807) is 23.5 Å². The Labute approximate surface area is 120 Å². The zero-order valence-corrected chi connectivity index (χ0v) is 12.1. The van der Waals surface area contributed by atoms with Crippen molar-refractivity contribution in [1.82, 2.24) is 10.3 Å². The summed E-state index contributed by atoms with van der Waals surface area (Å²) >= 11 is 1.57. The molecule has 0 fully saturated rings. The number of nitrogens with zero attached hydrogens (tertiary/aromatic N) is 1. The van der Waals surface area contributed by atoms with Crippen LogP contribution in [0.3, 0.4) is 0 Å². The van der Waals surface area contributed by atoms with Crippen LogP contribution in [0.25, 0.3) is 11.3 Å². The second-order valence-corrected chi connectivity index (χ2v) is 5.33. The predicted molar refractivity (Wildman–Crippen MR) is 76.5 cm³/mol. The van der Waals surface area contributed by atoms with Crippen LogP contribution in [0.1, 0.15) is 17.8 Å². The van der Waals surface area contributed by atoms with Crippen molar-refractivity contribution in [2.45, 2.75) is 19.5 Å². The lowest BCUT2D eigenvalue weighted by Crippen LogP contribution is -2.14. The summed E-state index contributed by atoms with van der Waals surface area (Å²) in [5, 5.41) is 6.07. The van der Waals surface area contributed by atoms with Crippen molar-refractivity contribution in [2.75, 3.05) is 13.6 Å². The van der Waals surface area contributed by atoms with E-state index >= 15 is 0 Å². The fourth-order valence-corrected chi connectivity index (χ4v) is 2.76. The number of aromatic nitrogens is 1. The number of ether oxygens (including phenoxy) is 1. The van der Waals surface area contributed by atoms with Gasteiger partial charge in [-0.05, 0) is 19.2 Å². The number of rotatable bonds is 6. The molecule has 3 nitrogen and oxygen atoms in total. The van der Waals surface area contributed by atoms with Gasteiger partial charge in [-0.3, -0.25) is 0 Å². The molecule has 0 spiro atoms. The van der Waals surface area contributed by atoms with Gasteiger partial charge in [0.05, 0.1) is 10.7 Å². The number of likely N-dealkylation sites (N-methyl/N-ethyl adjacent to an activating group) is 1. The van der Waals surface area contributed by atoms with E-state index in [4.69, 9.17) is 0 Å². The topological polar surface area (TPSA) is 34.2 Å². The fourth-order valence-electron chi connectivity index (χ4n) is 1.87. The van der Waals surface area contributed by atoms with E-state index in [0.717, 1.165) is 22.8 Å². The first-order valence-electron chi connectivity index (χ1n) is 6.25. The summed E-state index contributed by atoms with van der Waals surface area (Å²) in [7, 11) is 1.90. The van der Waals surface area contributed by atoms with Crippen LogP contribution in [0.2, 0.25) is 0 Å². The minimum absolute atomic E-state index is 0.148. The second-order valence-electron chi connectivity index (χ2n) is 4.44. The van der Waals surface area contributed by atoms with Crippen molar-refractivity contribution >= 4 is 11.3 Å². The molecule has 1 atom stereocenters. The van der Waals surface area contributed by atoms with Gasteiger partial charge in [0, 0.05) is 23.4 Å².